The molecule has 4 rings (SSSR count). The number of carbonyl (C=O) groups is 1. The molecule has 6 nitrogen and oxygen atoms in total. The number of nitrogens with zero attached hydrogens (tertiary/aromatic N) is 3. The molecule has 3 aromatic carbocycles. The molecule has 0 radical (unpaired) electrons. The van der Waals surface area contributed by atoms with E-state index in [0.29, 0.717) is 5.92 Å². The van der Waals surface area contributed by atoms with Crippen LogP contribution in [0.4, 0.5) is 5.69 Å². The highest BCUT2D eigenvalue weighted by atomic mass is 16.6. The first-order valence-corrected chi connectivity index (χ1v) is 12.3. The van der Waals surface area contributed by atoms with E-state index in [4.69, 9.17) is 0 Å². The predicted octanol–water partition coefficient (Wildman–Crippen LogP) is 5.28. The zero-order valence-corrected chi connectivity index (χ0v) is 20.3. The average molecular weight is 472 g/mol. The molecule has 0 unspecified atom stereocenters. The largest absolute Gasteiger partial charge is 0.342 e. The van der Waals surface area contributed by atoms with E-state index in [9.17, 15) is 14.9 Å². The summed E-state index contributed by atoms with van der Waals surface area (Å²) in [6.45, 7) is 2.99. The number of amides is 1. The summed E-state index contributed by atoms with van der Waals surface area (Å²) >= 11 is 0. The number of hydrogen-bond acceptors (Lipinski definition) is 4. The molecule has 0 aromatic heterocycles. The van der Waals surface area contributed by atoms with E-state index in [0.717, 1.165) is 44.5 Å². The van der Waals surface area contributed by atoms with Gasteiger partial charge in [0.25, 0.3) is 5.69 Å². The second-order valence-electron chi connectivity index (χ2n) is 9.34. The van der Waals surface area contributed by atoms with Crippen LogP contribution in [0.15, 0.2) is 84.9 Å². The van der Waals surface area contributed by atoms with Gasteiger partial charge in [0.05, 0.1) is 11.3 Å². The van der Waals surface area contributed by atoms with Crippen LogP contribution in [0.1, 0.15) is 41.9 Å². The van der Waals surface area contributed by atoms with Crippen molar-refractivity contribution in [3.8, 4) is 0 Å². The normalized spacial score (nSPS) is 14.7. The first-order valence-electron chi connectivity index (χ1n) is 12.3. The monoisotopic (exact) mass is 471 g/mol. The minimum Gasteiger partial charge on any atom is -0.342 e. The van der Waals surface area contributed by atoms with Gasteiger partial charge in [0.1, 0.15) is 0 Å². The van der Waals surface area contributed by atoms with Crippen LogP contribution in [0, 0.1) is 10.1 Å². The average Bonchev–Trinajstić information content (AvgIpc) is 2.90. The molecule has 3 aromatic rings. The highest BCUT2D eigenvalue weighted by Crippen LogP contribution is 2.29. The Balaban J connectivity index is 1.28. The Morgan fingerprint density at radius 1 is 0.943 bits per heavy atom. The second kappa shape index (κ2) is 11.8. The predicted molar refractivity (Wildman–Crippen MR) is 138 cm³/mol. The van der Waals surface area contributed by atoms with Crippen LogP contribution in [0.2, 0.25) is 0 Å². The topological polar surface area (TPSA) is 66.7 Å². The number of carbonyl (C=O) groups excluding carboxylic acids is 1. The summed E-state index contributed by atoms with van der Waals surface area (Å²) in [5, 5.41) is 10.8. The Bertz CT molecular complexity index is 1060. The second-order valence-corrected chi connectivity index (χ2v) is 9.34. The maximum atomic E-state index is 12.8. The van der Waals surface area contributed by atoms with Gasteiger partial charge >= 0.3 is 0 Å². The molecule has 0 spiro atoms. The highest BCUT2D eigenvalue weighted by Gasteiger charge is 2.26. The molecule has 1 aliphatic rings. The molecule has 1 saturated heterocycles. The summed E-state index contributed by atoms with van der Waals surface area (Å²) in [7, 11) is 1.88. The molecule has 1 aliphatic heterocycles. The highest BCUT2D eigenvalue weighted by molar-refractivity contribution is 5.79. The third kappa shape index (κ3) is 6.55. The fraction of sp³-hybridized carbons (Fsp3) is 0.345. The Hall–Kier alpha value is -3.51. The number of likely N-dealkylation sites (tertiary alicyclic amines) is 1. The molecule has 0 atom stereocenters. The van der Waals surface area contributed by atoms with E-state index in [1.54, 1.807) is 12.1 Å². The zero-order valence-electron chi connectivity index (χ0n) is 20.3. The zero-order chi connectivity index (χ0) is 24.6. The summed E-state index contributed by atoms with van der Waals surface area (Å²) in [6.07, 6.45) is 3.26. The Morgan fingerprint density at radius 3 is 2.00 bits per heavy atom. The van der Waals surface area contributed by atoms with Crippen molar-refractivity contribution in [1.29, 1.82) is 0 Å². The molecule has 1 fully saturated rings. The number of likely N-dealkylation sites (N-methyl/N-ethyl adjacent to an activating group) is 1. The summed E-state index contributed by atoms with van der Waals surface area (Å²) in [4.78, 5) is 27.6. The van der Waals surface area contributed by atoms with Crippen LogP contribution in [0.3, 0.4) is 0 Å². The molecule has 1 amide bonds. The molecule has 0 aliphatic carbocycles. The van der Waals surface area contributed by atoms with Crippen molar-refractivity contribution in [2.45, 2.75) is 37.6 Å². The van der Waals surface area contributed by atoms with Gasteiger partial charge in [0, 0.05) is 44.2 Å². The van der Waals surface area contributed by atoms with Crippen LogP contribution < -0.4 is 0 Å². The number of nitro benzene ring substituents is 1. The maximum Gasteiger partial charge on any atom is 0.269 e. The van der Waals surface area contributed by atoms with Gasteiger partial charge in [-0.2, -0.15) is 0 Å². The first kappa shape index (κ1) is 24.6. The SMILES string of the molecule is CN(C(=O)Cc1ccc([N+](=O)[O-])cc1)C1CCN(CCC(c2ccccc2)c2ccccc2)CC1. The number of piperidine rings is 1. The molecular formula is C29H33N3O3. The van der Waals surface area contributed by atoms with Crippen molar-refractivity contribution < 1.29 is 9.72 Å². The van der Waals surface area contributed by atoms with E-state index >= 15 is 0 Å². The fourth-order valence-electron chi connectivity index (χ4n) is 4.98. The number of benzene rings is 3. The van der Waals surface area contributed by atoms with Gasteiger partial charge in [-0.15, -0.1) is 0 Å². The van der Waals surface area contributed by atoms with Gasteiger partial charge in [0.15, 0.2) is 0 Å². The number of nitro groups is 1. The lowest BCUT2D eigenvalue weighted by atomic mass is 9.88. The minimum atomic E-state index is -0.423. The molecule has 0 saturated carbocycles. The first-order chi connectivity index (χ1) is 17.0. The summed E-state index contributed by atoms with van der Waals surface area (Å²) in [5.41, 5.74) is 3.55. The number of rotatable bonds is 9. The molecule has 182 valence electrons. The van der Waals surface area contributed by atoms with Gasteiger partial charge in [-0.05, 0) is 42.5 Å². The van der Waals surface area contributed by atoms with Gasteiger partial charge in [0.2, 0.25) is 5.91 Å². The van der Waals surface area contributed by atoms with Crippen molar-refractivity contribution in [2.24, 2.45) is 0 Å². The lowest BCUT2D eigenvalue weighted by Gasteiger charge is -2.37. The number of hydrogen-bond donors (Lipinski definition) is 0. The molecule has 0 N–H and O–H groups in total. The van der Waals surface area contributed by atoms with Crippen LogP contribution in [0.5, 0.6) is 0 Å². The van der Waals surface area contributed by atoms with Crippen molar-refractivity contribution >= 4 is 11.6 Å². The van der Waals surface area contributed by atoms with Crippen molar-refractivity contribution in [2.75, 3.05) is 26.7 Å². The van der Waals surface area contributed by atoms with Gasteiger partial charge in [-0.25, -0.2) is 0 Å². The summed E-state index contributed by atoms with van der Waals surface area (Å²) < 4.78 is 0. The van der Waals surface area contributed by atoms with Crippen molar-refractivity contribution in [3.63, 3.8) is 0 Å². The summed E-state index contributed by atoms with van der Waals surface area (Å²) in [5.74, 6) is 0.437. The van der Waals surface area contributed by atoms with E-state index in [2.05, 4.69) is 65.6 Å². The van der Waals surface area contributed by atoms with Crippen LogP contribution in [-0.4, -0.2) is 53.4 Å². The van der Waals surface area contributed by atoms with Crippen molar-refractivity contribution in [1.82, 2.24) is 9.80 Å². The Labute approximate surface area is 207 Å². The minimum absolute atomic E-state index is 0.0451. The Kier molecular flexibility index (Phi) is 8.27. The molecular weight excluding hydrogens is 438 g/mol. The van der Waals surface area contributed by atoms with Crippen molar-refractivity contribution in [3.05, 3.63) is 112 Å². The fourth-order valence-corrected chi connectivity index (χ4v) is 4.98. The van der Waals surface area contributed by atoms with Crippen LogP contribution in [0.25, 0.3) is 0 Å². The van der Waals surface area contributed by atoms with Gasteiger partial charge in [-0.1, -0.05) is 72.8 Å². The molecule has 6 heteroatoms. The molecule has 1 heterocycles. The lowest BCUT2D eigenvalue weighted by molar-refractivity contribution is -0.384. The standard InChI is InChI=1S/C29H33N3O3/c1-30(29(33)22-23-12-14-27(15-13-23)32(34)35)26-16-19-31(20-17-26)21-18-28(24-8-4-2-5-9-24)25-10-6-3-7-11-25/h2-15,26,28H,16-22H2,1H3. The summed E-state index contributed by atoms with van der Waals surface area (Å²) in [6, 6.07) is 27.9. The van der Waals surface area contributed by atoms with Crippen LogP contribution in [-0.2, 0) is 11.2 Å². The van der Waals surface area contributed by atoms with Gasteiger partial charge in [-0.3, -0.25) is 14.9 Å². The van der Waals surface area contributed by atoms with E-state index < -0.39 is 4.92 Å². The molecule has 35 heavy (non-hydrogen) atoms. The number of non-ortho nitro benzene ring substituents is 1. The lowest BCUT2D eigenvalue weighted by Crippen LogP contribution is -2.46. The maximum absolute atomic E-state index is 12.8. The third-order valence-corrected chi connectivity index (χ3v) is 7.14. The third-order valence-electron chi connectivity index (χ3n) is 7.14. The van der Waals surface area contributed by atoms with Crippen LogP contribution >= 0.6 is 0 Å². The van der Waals surface area contributed by atoms with E-state index in [1.165, 1.54) is 23.3 Å². The smallest absolute Gasteiger partial charge is 0.269 e. The van der Waals surface area contributed by atoms with Gasteiger partial charge < -0.3 is 9.80 Å². The quantitative estimate of drug-likeness (QED) is 0.314. The van der Waals surface area contributed by atoms with E-state index in [1.807, 2.05) is 11.9 Å². The molecule has 0 bridgehead atoms. The van der Waals surface area contributed by atoms with E-state index in [-0.39, 0.29) is 24.1 Å². The Morgan fingerprint density at radius 2 is 1.49 bits per heavy atom.